The molecule has 3 aromatic carbocycles. The topological polar surface area (TPSA) is 111 Å². The molecule has 5 rings (SSSR count). The van der Waals surface area contributed by atoms with Gasteiger partial charge in [0.05, 0.1) is 16.3 Å². The second kappa shape index (κ2) is 12.1. The second-order valence-corrected chi connectivity index (χ2v) is 9.94. The number of carbonyl (C=O) groups is 2. The van der Waals surface area contributed by atoms with Crippen LogP contribution in [0.3, 0.4) is 0 Å². The Morgan fingerprint density at radius 1 is 0.929 bits per heavy atom. The zero-order chi connectivity index (χ0) is 29.8. The van der Waals surface area contributed by atoms with Gasteiger partial charge >= 0.3 is 12.1 Å². The van der Waals surface area contributed by atoms with Crippen LogP contribution in [-0.4, -0.2) is 26.5 Å². The Bertz CT molecular complexity index is 1740. The molecule has 42 heavy (non-hydrogen) atoms. The highest BCUT2D eigenvalue weighted by Crippen LogP contribution is 2.37. The van der Waals surface area contributed by atoms with Gasteiger partial charge < -0.3 is 14.6 Å². The molecule has 0 radical (unpaired) electrons. The SMILES string of the molecule is Cc1nsc(-c2ccc(-c3cc(F)c(Oc4ncccc4C(=O)O)c(F)c3)cc2)c1NC(=O)O[C@H](C)c1ccccc1. The van der Waals surface area contributed by atoms with Gasteiger partial charge in [0.15, 0.2) is 11.6 Å². The molecule has 0 saturated carbocycles. The summed E-state index contributed by atoms with van der Waals surface area (Å²) in [6.07, 6.45) is 0.177. The largest absolute Gasteiger partial charge is 0.477 e. The summed E-state index contributed by atoms with van der Waals surface area (Å²) in [5.74, 6) is -4.58. The number of nitrogens with one attached hydrogen (secondary N) is 1. The van der Waals surface area contributed by atoms with Gasteiger partial charge in [0.2, 0.25) is 11.6 Å². The van der Waals surface area contributed by atoms with Crippen LogP contribution >= 0.6 is 11.5 Å². The fourth-order valence-corrected chi connectivity index (χ4v) is 5.02. The molecule has 1 amide bonds. The maximum absolute atomic E-state index is 14.9. The number of hydrogen-bond donors (Lipinski definition) is 2. The van der Waals surface area contributed by atoms with Crippen molar-refractivity contribution in [2.75, 3.05) is 5.32 Å². The number of aryl methyl sites for hydroxylation is 1. The van der Waals surface area contributed by atoms with Gasteiger partial charge in [-0.05, 0) is 71.9 Å². The molecular formula is C31H23F2N3O5S. The van der Waals surface area contributed by atoms with Crippen molar-refractivity contribution in [3.63, 3.8) is 0 Å². The number of carboxylic acid groups (broad SMARTS) is 1. The Morgan fingerprint density at radius 3 is 2.26 bits per heavy atom. The number of pyridine rings is 1. The van der Waals surface area contributed by atoms with E-state index in [0.29, 0.717) is 21.8 Å². The molecule has 5 aromatic rings. The summed E-state index contributed by atoms with van der Waals surface area (Å²) in [6, 6.07) is 21.0. The van der Waals surface area contributed by atoms with E-state index in [-0.39, 0.29) is 11.1 Å². The predicted molar refractivity (Wildman–Crippen MR) is 154 cm³/mol. The second-order valence-electron chi connectivity index (χ2n) is 9.17. The highest BCUT2D eigenvalue weighted by atomic mass is 32.1. The Kier molecular flexibility index (Phi) is 8.21. The van der Waals surface area contributed by atoms with Crippen molar-refractivity contribution in [1.82, 2.24) is 9.36 Å². The number of carboxylic acids is 1. The fourth-order valence-electron chi connectivity index (χ4n) is 4.17. The molecule has 2 heterocycles. The molecule has 0 aliphatic carbocycles. The fraction of sp³-hybridized carbons (Fsp3) is 0.0968. The molecule has 0 fully saturated rings. The third-order valence-electron chi connectivity index (χ3n) is 6.32. The normalized spacial score (nSPS) is 11.5. The maximum Gasteiger partial charge on any atom is 0.412 e. The first kappa shape index (κ1) is 28.4. The van der Waals surface area contributed by atoms with Gasteiger partial charge in [-0.15, -0.1) is 0 Å². The Morgan fingerprint density at radius 2 is 1.60 bits per heavy atom. The highest BCUT2D eigenvalue weighted by molar-refractivity contribution is 7.10. The van der Waals surface area contributed by atoms with Crippen LogP contribution in [0.4, 0.5) is 19.3 Å². The van der Waals surface area contributed by atoms with Crippen molar-refractivity contribution in [2.24, 2.45) is 0 Å². The lowest BCUT2D eigenvalue weighted by Crippen LogP contribution is -2.16. The van der Waals surface area contributed by atoms with Crippen LogP contribution < -0.4 is 10.1 Å². The summed E-state index contributed by atoms with van der Waals surface area (Å²) in [4.78, 5) is 28.5. The minimum atomic E-state index is -1.34. The van der Waals surface area contributed by atoms with Crippen molar-refractivity contribution < 1.29 is 33.0 Å². The lowest BCUT2D eigenvalue weighted by molar-refractivity contribution is 0.0693. The molecule has 11 heteroatoms. The van der Waals surface area contributed by atoms with E-state index in [1.807, 2.05) is 30.3 Å². The van der Waals surface area contributed by atoms with E-state index in [4.69, 9.17) is 9.47 Å². The highest BCUT2D eigenvalue weighted by Gasteiger charge is 2.21. The van der Waals surface area contributed by atoms with Crippen molar-refractivity contribution in [3.8, 4) is 33.2 Å². The number of hydrogen-bond acceptors (Lipinski definition) is 7. The van der Waals surface area contributed by atoms with E-state index in [9.17, 15) is 23.5 Å². The van der Waals surface area contributed by atoms with Gasteiger partial charge in [0, 0.05) is 6.20 Å². The molecule has 0 spiro atoms. The molecule has 0 aliphatic heterocycles. The number of aromatic carboxylic acids is 1. The average Bonchev–Trinajstić information content (AvgIpc) is 3.34. The van der Waals surface area contributed by atoms with E-state index in [0.717, 1.165) is 23.3 Å². The van der Waals surface area contributed by atoms with Gasteiger partial charge in [-0.25, -0.2) is 23.4 Å². The molecule has 212 valence electrons. The number of ether oxygens (including phenoxy) is 2. The number of rotatable bonds is 8. The van der Waals surface area contributed by atoms with Crippen LogP contribution in [0, 0.1) is 18.6 Å². The molecule has 0 saturated heterocycles. The van der Waals surface area contributed by atoms with Gasteiger partial charge in [-0.2, -0.15) is 4.37 Å². The number of halogens is 2. The van der Waals surface area contributed by atoms with Crippen LogP contribution in [0.2, 0.25) is 0 Å². The van der Waals surface area contributed by atoms with Gasteiger partial charge in [-0.3, -0.25) is 5.32 Å². The first-order chi connectivity index (χ1) is 20.2. The number of aromatic nitrogens is 2. The molecule has 1 atom stereocenters. The quantitative estimate of drug-likeness (QED) is 0.188. The zero-order valence-electron chi connectivity index (χ0n) is 22.3. The molecule has 0 aliphatic rings. The van der Waals surface area contributed by atoms with E-state index < -0.39 is 41.4 Å². The minimum absolute atomic E-state index is 0.237. The molecule has 8 nitrogen and oxygen atoms in total. The maximum atomic E-state index is 14.9. The Balaban J connectivity index is 1.34. The number of benzene rings is 3. The van der Waals surface area contributed by atoms with Crippen LogP contribution in [0.5, 0.6) is 11.6 Å². The molecule has 0 bridgehead atoms. The number of carbonyl (C=O) groups excluding carboxylic acids is 1. The molecule has 2 aromatic heterocycles. The standard InChI is InChI=1S/C31H23F2N3O5S/c1-17-26(35-31(39)40-18(2)19-7-4-3-5-8-19)28(42-36-17)21-12-10-20(11-13-21)22-15-24(32)27(25(33)16-22)41-29-23(30(37)38)9-6-14-34-29/h3-16,18H,1-2H3,(H,35,39)(H,37,38)/t18-/m1/s1. The molecule has 0 unspecified atom stereocenters. The summed E-state index contributed by atoms with van der Waals surface area (Å²) in [5, 5.41) is 12.1. The molecular weight excluding hydrogens is 564 g/mol. The Labute approximate surface area is 243 Å². The third-order valence-corrected chi connectivity index (χ3v) is 7.31. The van der Waals surface area contributed by atoms with E-state index in [2.05, 4.69) is 14.7 Å². The van der Waals surface area contributed by atoms with Crippen LogP contribution in [0.25, 0.3) is 21.6 Å². The summed E-state index contributed by atoms with van der Waals surface area (Å²) < 4.78 is 45.0. The Hall–Kier alpha value is -5.16. The van der Waals surface area contributed by atoms with Gasteiger partial charge in [0.25, 0.3) is 0 Å². The van der Waals surface area contributed by atoms with Gasteiger partial charge in [0.1, 0.15) is 11.7 Å². The van der Waals surface area contributed by atoms with Crippen LogP contribution in [0.15, 0.2) is 85.1 Å². The van der Waals surface area contributed by atoms with Crippen molar-refractivity contribution in [3.05, 3.63) is 114 Å². The summed E-state index contributed by atoms with van der Waals surface area (Å²) >= 11 is 1.19. The first-order valence-electron chi connectivity index (χ1n) is 12.7. The van der Waals surface area contributed by atoms with E-state index in [1.54, 1.807) is 38.1 Å². The summed E-state index contributed by atoms with van der Waals surface area (Å²) in [6.45, 7) is 3.55. The van der Waals surface area contributed by atoms with E-state index >= 15 is 0 Å². The van der Waals surface area contributed by atoms with E-state index in [1.165, 1.54) is 29.9 Å². The number of nitrogens with zero attached hydrogens (tertiary/aromatic N) is 2. The van der Waals surface area contributed by atoms with Crippen molar-refractivity contribution in [1.29, 1.82) is 0 Å². The lowest BCUT2D eigenvalue weighted by atomic mass is 10.0. The van der Waals surface area contributed by atoms with Crippen molar-refractivity contribution in [2.45, 2.75) is 20.0 Å². The van der Waals surface area contributed by atoms with Crippen LogP contribution in [-0.2, 0) is 4.74 Å². The molecule has 2 N–H and O–H groups in total. The number of anilines is 1. The third kappa shape index (κ3) is 6.11. The zero-order valence-corrected chi connectivity index (χ0v) is 23.1. The lowest BCUT2D eigenvalue weighted by Gasteiger charge is -2.15. The monoisotopic (exact) mass is 587 g/mol. The number of amides is 1. The predicted octanol–water partition coefficient (Wildman–Crippen LogP) is 8.26. The summed E-state index contributed by atoms with van der Waals surface area (Å²) in [7, 11) is 0. The minimum Gasteiger partial charge on any atom is -0.477 e. The first-order valence-corrected chi connectivity index (χ1v) is 13.4. The smallest absolute Gasteiger partial charge is 0.412 e. The van der Waals surface area contributed by atoms with Crippen LogP contribution in [0.1, 0.15) is 34.6 Å². The van der Waals surface area contributed by atoms with Gasteiger partial charge in [-0.1, -0.05) is 54.6 Å². The average molecular weight is 588 g/mol. The van der Waals surface area contributed by atoms with Crippen molar-refractivity contribution >= 4 is 29.3 Å². The summed E-state index contributed by atoms with van der Waals surface area (Å²) in [5.41, 5.74) is 3.13.